The summed E-state index contributed by atoms with van der Waals surface area (Å²) in [5.41, 5.74) is 0.981. The van der Waals surface area contributed by atoms with E-state index in [2.05, 4.69) is 18.9 Å². The molecule has 0 N–H and O–H groups in total. The largest absolute Gasteiger partial charge is 0.439 e. The van der Waals surface area contributed by atoms with Crippen molar-refractivity contribution in [1.82, 2.24) is 19.6 Å². The highest BCUT2D eigenvalue weighted by Gasteiger charge is 2.47. The topological polar surface area (TPSA) is 67.7 Å². The molecule has 0 aliphatic carbocycles. The average molecular weight is 334 g/mol. The summed E-state index contributed by atoms with van der Waals surface area (Å²) in [6.07, 6.45) is 2.19. The Hall–Kier alpha value is -2.05. The van der Waals surface area contributed by atoms with Crippen molar-refractivity contribution in [3.8, 4) is 0 Å². The van der Waals surface area contributed by atoms with E-state index < -0.39 is 5.60 Å². The van der Waals surface area contributed by atoms with E-state index in [-0.39, 0.29) is 12.0 Å². The highest BCUT2D eigenvalue weighted by Crippen LogP contribution is 2.32. The van der Waals surface area contributed by atoms with Gasteiger partial charge in [0.2, 0.25) is 0 Å². The van der Waals surface area contributed by atoms with Crippen LogP contribution in [-0.4, -0.2) is 63.9 Å². The Morgan fingerprint density at radius 3 is 2.75 bits per heavy atom. The van der Waals surface area contributed by atoms with Crippen molar-refractivity contribution in [1.29, 1.82) is 0 Å². The lowest BCUT2D eigenvalue weighted by Crippen LogP contribution is -2.52. The predicted octanol–water partition coefficient (Wildman–Crippen LogP) is 1.68. The summed E-state index contributed by atoms with van der Waals surface area (Å²) in [5.74, 6) is 0.458. The number of hydrogen-bond acceptors (Lipinski definition) is 4. The van der Waals surface area contributed by atoms with E-state index in [1.54, 1.807) is 28.6 Å². The molecule has 24 heavy (non-hydrogen) atoms. The molecule has 0 bridgehead atoms. The normalized spacial score (nSPS) is 24.1. The number of amides is 2. The molecule has 0 saturated carbocycles. The molecule has 3 heterocycles. The zero-order valence-corrected chi connectivity index (χ0v) is 14.9. The van der Waals surface area contributed by atoms with E-state index >= 15 is 0 Å². The molecule has 2 saturated heterocycles. The van der Waals surface area contributed by atoms with Crippen molar-refractivity contribution in [3.05, 3.63) is 17.5 Å². The monoisotopic (exact) mass is 334 g/mol. The van der Waals surface area contributed by atoms with Crippen LogP contribution in [0.25, 0.3) is 0 Å². The Balaban J connectivity index is 1.75. The van der Waals surface area contributed by atoms with Crippen LogP contribution in [-0.2, 0) is 18.2 Å². The Labute approximate surface area is 142 Å². The van der Waals surface area contributed by atoms with Crippen LogP contribution < -0.4 is 0 Å². The molecular weight excluding hydrogens is 308 g/mol. The van der Waals surface area contributed by atoms with Gasteiger partial charge in [-0.3, -0.25) is 9.48 Å². The maximum atomic E-state index is 12.9. The number of piperidine rings is 1. The summed E-state index contributed by atoms with van der Waals surface area (Å²) in [6, 6.07) is 1.89. The van der Waals surface area contributed by atoms with Gasteiger partial charge in [-0.1, -0.05) is 13.8 Å². The first-order valence-electron chi connectivity index (χ1n) is 8.56. The summed E-state index contributed by atoms with van der Waals surface area (Å²) >= 11 is 0. The Morgan fingerprint density at radius 2 is 2.12 bits per heavy atom. The lowest BCUT2D eigenvalue weighted by Gasteiger charge is -2.38. The molecule has 0 aromatic carbocycles. The third-order valence-corrected chi connectivity index (χ3v) is 4.73. The van der Waals surface area contributed by atoms with Crippen LogP contribution in [0.1, 0.15) is 42.9 Å². The minimum atomic E-state index is -0.556. The lowest BCUT2D eigenvalue weighted by molar-refractivity contribution is -0.00558. The molecule has 7 nitrogen and oxygen atoms in total. The fourth-order valence-corrected chi connectivity index (χ4v) is 3.68. The van der Waals surface area contributed by atoms with Crippen LogP contribution in [0.2, 0.25) is 0 Å². The summed E-state index contributed by atoms with van der Waals surface area (Å²) < 4.78 is 7.24. The molecule has 1 atom stereocenters. The number of ether oxygens (including phenoxy) is 1. The Morgan fingerprint density at radius 1 is 1.38 bits per heavy atom. The zero-order valence-electron chi connectivity index (χ0n) is 14.9. The van der Waals surface area contributed by atoms with E-state index in [0.29, 0.717) is 31.2 Å². The van der Waals surface area contributed by atoms with E-state index in [1.165, 1.54) is 0 Å². The van der Waals surface area contributed by atoms with Crippen molar-refractivity contribution < 1.29 is 14.3 Å². The van der Waals surface area contributed by atoms with Gasteiger partial charge in [0.1, 0.15) is 11.3 Å². The van der Waals surface area contributed by atoms with Gasteiger partial charge in [-0.15, -0.1) is 0 Å². The fourth-order valence-electron chi connectivity index (χ4n) is 3.68. The molecule has 2 aliphatic heterocycles. The predicted molar refractivity (Wildman–Crippen MR) is 88.7 cm³/mol. The second kappa shape index (κ2) is 6.11. The molecule has 1 spiro atoms. The highest BCUT2D eigenvalue weighted by atomic mass is 16.6. The number of likely N-dealkylation sites (tertiary alicyclic amines) is 1. The first-order valence-corrected chi connectivity index (χ1v) is 8.56. The maximum absolute atomic E-state index is 12.9. The van der Waals surface area contributed by atoms with Gasteiger partial charge >= 0.3 is 6.09 Å². The smallest absolute Gasteiger partial charge is 0.410 e. The average Bonchev–Trinajstić information content (AvgIpc) is 2.98. The van der Waals surface area contributed by atoms with Crippen LogP contribution in [0.5, 0.6) is 0 Å². The van der Waals surface area contributed by atoms with Crippen molar-refractivity contribution in [2.45, 2.75) is 38.7 Å². The van der Waals surface area contributed by atoms with Crippen molar-refractivity contribution in [2.75, 3.05) is 26.7 Å². The summed E-state index contributed by atoms with van der Waals surface area (Å²) in [5, 5.41) is 4.46. The number of hydrogen-bond donors (Lipinski definition) is 0. The molecule has 132 valence electrons. The van der Waals surface area contributed by atoms with Crippen LogP contribution in [0.4, 0.5) is 4.79 Å². The standard InChI is InChI=1S/C17H26N4O3/c1-12(2)8-13-9-14(20(4)18-13)15(22)21-7-5-6-17(11-21)10-19(3)16(23)24-17/h9,12H,5-8,10-11H2,1-4H3/t17-/m1/s1. The SMILES string of the molecule is CC(C)Cc1cc(C(=O)N2CCC[C@@]3(CN(C)C(=O)O3)C2)n(C)n1. The van der Waals surface area contributed by atoms with Crippen LogP contribution in [0.3, 0.4) is 0 Å². The number of aryl methyl sites for hydroxylation is 1. The maximum Gasteiger partial charge on any atom is 0.410 e. The molecule has 1 aromatic heterocycles. The third-order valence-electron chi connectivity index (χ3n) is 4.73. The van der Waals surface area contributed by atoms with Crippen LogP contribution in [0.15, 0.2) is 6.07 Å². The third kappa shape index (κ3) is 3.12. The van der Waals surface area contributed by atoms with E-state index in [1.807, 2.05) is 6.07 Å². The van der Waals surface area contributed by atoms with Crippen molar-refractivity contribution in [2.24, 2.45) is 13.0 Å². The molecule has 2 amide bonds. The van der Waals surface area contributed by atoms with Gasteiger partial charge in [0.05, 0.1) is 18.8 Å². The summed E-state index contributed by atoms with van der Waals surface area (Å²) in [7, 11) is 3.54. The molecule has 0 unspecified atom stereocenters. The van der Waals surface area contributed by atoms with E-state index in [4.69, 9.17) is 4.74 Å². The van der Waals surface area contributed by atoms with Gasteiger partial charge in [-0.05, 0) is 31.2 Å². The first kappa shape index (κ1) is 16.8. The minimum Gasteiger partial charge on any atom is -0.439 e. The number of carbonyl (C=O) groups excluding carboxylic acids is 2. The summed E-state index contributed by atoms with van der Waals surface area (Å²) in [4.78, 5) is 28.1. The van der Waals surface area contributed by atoms with Gasteiger partial charge in [-0.25, -0.2) is 4.79 Å². The minimum absolute atomic E-state index is 0.0373. The van der Waals surface area contributed by atoms with Gasteiger partial charge in [-0.2, -0.15) is 5.10 Å². The van der Waals surface area contributed by atoms with Gasteiger partial charge in [0.25, 0.3) is 5.91 Å². The van der Waals surface area contributed by atoms with Crippen molar-refractivity contribution >= 4 is 12.0 Å². The molecule has 7 heteroatoms. The number of likely N-dealkylation sites (N-methyl/N-ethyl adjacent to an activating group) is 1. The quantitative estimate of drug-likeness (QED) is 0.843. The van der Waals surface area contributed by atoms with Crippen LogP contribution in [0, 0.1) is 5.92 Å². The highest BCUT2D eigenvalue weighted by molar-refractivity contribution is 5.93. The molecule has 0 radical (unpaired) electrons. The first-order chi connectivity index (χ1) is 11.3. The van der Waals surface area contributed by atoms with E-state index in [0.717, 1.165) is 25.0 Å². The second-order valence-corrected chi connectivity index (χ2v) is 7.48. The Kier molecular flexibility index (Phi) is 4.27. The van der Waals surface area contributed by atoms with Gasteiger partial charge in [0.15, 0.2) is 0 Å². The molecule has 2 aliphatic rings. The zero-order chi connectivity index (χ0) is 17.5. The number of aromatic nitrogens is 2. The second-order valence-electron chi connectivity index (χ2n) is 7.48. The molecule has 1 aromatic rings. The van der Waals surface area contributed by atoms with Gasteiger partial charge in [0, 0.05) is 20.6 Å². The number of rotatable bonds is 3. The van der Waals surface area contributed by atoms with E-state index in [9.17, 15) is 9.59 Å². The van der Waals surface area contributed by atoms with Crippen LogP contribution >= 0.6 is 0 Å². The number of carbonyl (C=O) groups is 2. The molecular formula is C17H26N4O3. The van der Waals surface area contributed by atoms with Gasteiger partial charge < -0.3 is 14.5 Å². The van der Waals surface area contributed by atoms with Crippen molar-refractivity contribution in [3.63, 3.8) is 0 Å². The Bertz CT molecular complexity index is 654. The molecule has 2 fully saturated rings. The summed E-state index contributed by atoms with van der Waals surface area (Å²) in [6.45, 7) is 5.95. The lowest BCUT2D eigenvalue weighted by atomic mass is 9.92. The molecule has 3 rings (SSSR count). The number of nitrogens with zero attached hydrogens (tertiary/aromatic N) is 4. The fraction of sp³-hybridized carbons (Fsp3) is 0.706.